The van der Waals surface area contributed by atoms with Gasteiger partial charge in [0.05, 0.1) is 11.0 Å². The van der Waals surface area contributed by atoms with E-state index >= 15 is 0 Å². The van der Waals surface area contributed by atoms with Crippen LogP contribution in [0.15, 0.2) is 55.2 Å². The largest absolute Gasteiger partial charge is 0.324 e. The van der Waals surface area contributed by atoms with Gasteiger partial charge >= 0.3 is 0 Å². The van der Waals surface area contributed by atoms with Crippen molar-refractivity contribution < 1.29 is 4.79 Å². The zero-order valence-electron chi connectivity index (χ0n) is 11.8. The van der Waals surface area contributed by atoms with Crippen molar-refractivity contribution in [2.45, 2.75) is 0 Å². The number of carbonyl (C=O) groups excluding carboxylic acids is 1. The minimum atomic E-state index is -0.284. The SMILES string of the molecule is O=C(Nc1nc2ccccc2[nH]1)c1ccnc(-n2cncn2)c1. The molecule has 0 radical (unpaired) electrons. The highest BCUT2D eigenvalue weighted by Crippen LogP contribution is 2.14. The van der Waals surface area contributed by atoms with Crippen LogP contribution >= 0.6 is 0 Å². The van der Waals surface area contributed by atoms with E-state index in [4.69, 9.17) is 0 Å². The number of amides is 1. The van der Waals surface area contributed by atoms with Crippen molar-refractivity contribution in [1.29, 1.82) is 0 Å². The molecule has 0 bridgehead atoms. The summed E-state index contributed by atoms with van der Waals surface area (Å²) in [4.78, 5) is 27.8. The summed E-state index contributed by atoms with van der Waals surface area (Å²) in [5, 5.41) is 6.73. The lowest BCUT2D eigenvalue weighted by molar-refractivity contribution is 0.102. The molecule has 0 spiro atoms. The number of H-pyrrole nitrogens is 1. The predicted molar refractivity (Wildman–Crippen MR) is 83.2 cm³/mol. The molecule has 2 N–H and O–H groups in total. The number of fused-ring (bicyclic) bond motifs is 1. The lowest BCUT2D eigenvalue weighted by atomic mass is 10.2. The van der Waals surface area contributed by atoms with Crippen LogP contribution in [0.25, 0.3) is 16.9 Å². The number of carbonyl (C=O) groups is 1. The highest BCUT2D eigenvalue weighted by Gasteiger charge is 2.11. The van der Waals surface area contributed by atoms with Gasteiger partial charge in [-0.2, -0.15) is 5.10 Å². The second-order valence-electron chi connectivity index (χ2n) is 4.80. The quantitative estimate of drug-likeness (QED) is 0.601. The molecule has 1 aromatic carbocycles. The average Bonchev–Trinajstić information content (AvgIpc) is 3.24. The molecule has 3 aromatic heterocycles. The molecule has 1 amide bonds. The molecule has 3 heterocycles. The van der Waals surface area contributed by atoms with E-state index in [9.17, 15) is 4.79 Å². The molecule has 0 aliphatic carbocycles. The van der Waals surface area contributed by atoms with Crippen LogP contribution in [0.1, 0.15) is 10.4 Å². The third-order valence-electron chi connectivity index (χ3n) is 3.28. The second-order valence-corrected chi connectivity index (χ2v) is 4.80. The number of para-hydroxylation sites is 2. The van der Waals surface area contributed by atoms with Crippen LogP contribution in [0.2, 0.25) is 0 Å². The molecule has 0 saturated carbocycles. The van der Waals surface area contributed by atoms with E-state index in [0.717, 1.165) is 11.0 Å². The van der Waals surface area contributed by atoms with Gasteiger partial charge in [-0.25, -0.2) is 19.6 Å². The van der Waals surface area contributed by atoms with Crippen molar-refractivity contribution in [2.75, 3.05) is 5.32 Å². The number of hydrogen-bond acceptors (Lipinski definition) is 5. The molecule has 0 aliphatic heterocycles. The van der Waals surface area contributed by atoms with Crippen LogP contribution in [-0.4, -0.2) is 35.6 Å². The van der Waals surface area contributed by atoms with Crippen LogP contribution in [0.5, 0.6) is 0 Å². The summed E-state index contributed by atoms with van der Waals surface area (Å²) in [6, 6.07) is 10.8. The van der Waals surface area contributed by atoms with E-state index < -0.39 is 0 Å². The number of imidazole rings is 1. The lowest BCUT2D eigenvalue weighted by Crippen LogP contribution is -2.14. The molecule has 0 aliphatic rings. The van der Waals surface area contributed by atoms with Crippen molar-refractivity contribution >= 4 is 22.9 Å². The van der Waals surface area contributed by atoms with Gasteiger partial charge in [-0.05, 0) is 24.3 Å². The van der Waals surface area contributed by atoms with E-state index in [1.54, 1.807) is 18.3 Å². The Bertz CT molecular complexity index is 941. The zero-order chi connectivity index (χ0) is 15.6. The molecule has 4 aromatic rings. The fraction of sp³-hybridized carbons (Fsp3) is 0. The van der Waals surface area contributed by atoms with Gasteiger partial charge in [-0.15, -0.1) is 0 Å². The standard InChI is InChI=1S/C15H11N7O/c23-14(21-15-19-11-3-1-2-4-12(11)20-15)10-5-6-17-13(7-10)22-9-16-8-18-22/h1-9H,(H2,19,20,21,23). The first-order chi connectivity index (χ1) is 11.3. The van der Waals surface area contributed by atoms with Crippen molar-refractivity contribution in [3.8, 4) is 5.82 Å². The number of pyridine rings is 1. The van der Waals surface area contributed by atoms with Gasteiger partial charge in [0.15, 0.2) is 5.82 Å². The first kappa shape index (κ1) is 13.1. The van der Waals surface area contributed by atoms with Crippen molar-refractivity contribution in [2.24, 2.45) is 0 Å². The predicted octanol–water partition coefficient (Wildman–Crippen LogP) is 1.79. The van der Waals surface area contributed by atoms with Crippen molar-refractivity contribution in [3.05, 3.63) is 60.8 Å². The molecule has 112 valence electrons. The summed E-state index contributed by atoms with van der Waals surface area (Å²) in [6.45, 7) is 0. The Kier molecular flexibility index (Phi) is 3.05. The number of rotatable bonds is 3. The Labute approximate surface area is 130 Å². The van der Waals surface area contributed by atoms with Gasteiger partial charge in [0.2, 0.25) is 5.95 Å². The van der Waals surface area contributed by atoms with Crippen LogP contribution < -0.4 is 5.32 Å². The summed E-state index contributed by atoms with van der Waals surface area (Å²) in [5.74, 6) is 0.628. The average molecular weight is 305 g/mol. The van der Waals surface area contributed by atoms with Gasteiger partial charge in [0.25, 0.3) is 5.91 Å². The lowest BCUT2D eigenvalue weighted by Gasteiger charge is -2.04. The second kappa shape index (κ2) is 5.34. The Hall–Kier alpha value is -3.55. The van der Waals surface area contributed by atoms with Gasteiger partial charge in [-0.1, -0.05) is 12.1 Å². The van der Waals surface area contributed by atoms with Crippen molar-refractivity contribution in [3.63, 3.8) is 0 Å². The van der Waals surface area contributed by atoms with Crippen LogP contribution in [0, 0.1) is 0 Å². The minimum absolute atomic E-state index is 0.284. The zero-order valence-corrected chi connectivity index (χ0v) is 11.8. The molecule has 8 heteroatoms. The summed E-state index contributed by atoms with van der Waals surface area (Å²) in [6.07, 6.45) is 4.47. The van der Waals surface area contributed by atoms with Gasteiger partial charge in [-0.3, -0.25) is 10.1 Å². The molecule has 8 nitrogen and oxygen atoms in total. The smallest absolute Gasteiger partial charge is 0.258 e. The monoisotopic (exact) mass is 305 g/mol. The first-order valence-electron chi connectivity index (χ1n) is 6.87. The van der Waals surface area contributed by atoms with E-state index in [1.165, 1.54) is 17.3 Å². The Morgan fingerprint density at radius 1 is 1.22 bits per heavy atom. The van der Waals surface area contributed by atoms with Crippen LogP contribution in [0.3, 0.4) is 0 Å². The minimum Gasteiger partial charge on any atom is -0.324 e. The molecule has 0 saturated heterocycles. The van der Waals surface area contributed by atoms with Crippen LogP contribution in [0.4, 0.5) is 5.95 Å². The summed E-state index contributed by atoms with van der Waals surface area (Å²) in [5.41, 5.74) is 2.10. The van der Waals surface area contributed by atoms with E-state index in [-0.39, 0.29) is 5.91 Å². The van der Waals surface area contributed by atoms with Crippen LogP contribution in [-0.2, 0) is 0 Å². The Morgan fingerprint density at radius 2 is 2.13 bits per heavy atom. The third kappa shape index (κ3) is 2.53. The van der Waals surface area contributed by atoms with Gasteiger partial charge in [0.1, 0.15) is 12.7 Å². The molecule has 0 atom stereocenters. The number of hydrogen-bond donors (Lipinski definition) is 2. The number of anilines is 1. The molecular formula is C15H11N7O. The molecule has 4 rings (SSSR count). The highest BCUT2D eigenvalue weighted by molar-refractivity contribution is 6.04. The van der Waals surface area contributed by atoms with Gasteiger partial charge in [0, 0.05) is 11.8 Å². The Morgan fingerprint density at radius 3 is 2.96 bits per heavy atom. The number of aromatic amines is 1. The molecule has 23 heavy (non-hydrogen) atoms. The number of aromatic nitrogens is 6. The molecule has 0 fully saturated rings. The summed E-state index contributed by atoms with van der Waals surface area (Å²) < 4.78 is 1.48. The fourth-order valence-electron chi connectivity index (χ4n) is 2.20. The van der Waals surface area contributed by atoms with E-state index in [2.05, 4.69) is 30.4 Å². The number of nitrogens with zero attached hydrogens (tertiary/aromatic N) is 5. The number of benzene rings is 1. The summed E-state index contributed by atoms with van der Waals surface area (Å²) >= 11 is 0. The number of nitrogens with one attached hydrogen (secondary N) is 2. The maximum Gasteiger partial charge on any atom is 0.258 e. The normalized spacial score (nSPS) is 10.8. The molecular weight excluding hydrogens is 294 g/mol. The Balaban J connectivity index is 1.60. The van der Waals surface area contributed by atoms with Gasteiger partial charge < -0.3 is 4.98 Å². The van der Waals surface area contributed by atoms with Crippen molar-refractivity contribution in [1.82, 2.24) is 29.7 Å². The maximum absolute atomic E-state index is 12.4. The third-order valence-corrected chi connectivity index (χ3v) is 3.28. The molecule has 0 unspecified atom stereocenters. The fourth-order valence-corrected chi connectivity index (χ4v) is 2.20. The highest BCUT2D eigenvalue weighted by atomic mass is 16.1. The summed E-state index contributed by atoms with van der Waals surface area (Å²) in [7, 11) is 0. The first-order valence-corrected chi connectivity index (χ1v) is 6.87. The van der Waals surface area contributed by atoms with E-state index in [1.807, 2.05) is 24.3 Å². The van der Waals surface area contributed by atoms with E-state index in [0.29, 0.717) is 17.3 Å². The maximum atomic E-state index is 12.4. The topological polar surface area (TPSA) is 101 Å².